The van der Waals surface area contributed by atoms with Gasteiger partial charge in [0.1, 0.15) is 18.0 Å². The molecule has 7 N–H and O–H groups in total. The average molecular weight is 503 g/mol. The Bertz CT molecular complexity index is 1070. The molecule has 0 aliphatic rings. The quantitative estimate of drug-likeness (QED) is 0.197. The Kier molecular flexibility index (Phi) is 8.51. The summed E-state index contributed by atoms with van der Waals surface area (Å²) in [7, 11) is 1.56. The standard InChI is InChI=1S/C21H24Cl2N2O8/c1-24-7-13(27)18(29)19(14(28)8-26)32-15-4-10(21(30)31)5-16-17(15)25-20(33-16)9-2-11(22)6-12(23)3-9/h2-6,13-14,18-19,21,24,26-31H,7-8H2,1H3/t13-,14+,18+,19+/m0/s1. The number of aromatic nitrogens is 1. The van der Waals surface area contributed by atoms with Crippen molar-refractivity contribution in [3.05, 3.63) is 45.9 Å². The van der Waals surface area contributed by atoms with Gasteiger partial charge in [-0.2, -0.15) is 0 Å². The molecule has 0 unspecified atom stereocenters. The molecule has 2 aromatic carbocycles. The molecule has 10 nitrogen and oxygen atoms in total. The van der Waals surface area contributed by atoms with Crippen LogP contribution in [-0.4, -0.2) is 80.2 Å². The number of likely N-dealkylation sites (N-methyl/N-ethyl adjacent to an activating group) is 1. The Hall–Kier alpha value is -1.99. The summed E-state index contributed by atoms with van der Waals surface area (Å²) in [5, 5.41) is 63.0. The van der Waals surface area contributed by atoms with Crippen molar-refractivity contribution in [1.29, 1.82) is 0 Å². The molecular formula is C21H24Cl2N2O8. The highest BCUT2D eigenvalue weighted by Gasteiger charge is 2.34. The van der Waals surface area contributed by atoms with Gasteiger partial charge in [0.05, 0.1) is 12.7 Å². The minimum atomic E-state index is -1.90. The number of benzene rings is 2. The predicted octanol–water partition coefficient (Wildman–Crippen LogP) is 0.827. The highest BCUT2D eigenvalue weighted by molar-refractivity contribution is 6.35. The molecule has 1 heterocycles. The zero-order valence-corrected chi connectivity index (χ0v) is 18.9. The lowest BCUT2D eigenvalue weighted by atomic mass is 10.0. The minimum absolute atomic E-state index is 0.0202. The number of fused-ring (bicyclic) bond motifs is 1. The molecule has 1 aromatic heterocycles. The van der Waals surface area contributed by atoms with Gasteiger partial charge in [0.25, 0.3) is 0 Å². The third-order valence-corrected chi connectivity index (χ3v) is 5.30. The van der Waals surface area contributed by atoms with Crippen LogP contribution in [-0.2, 0) is 0 Å². The van der Waals surface area contributed by atoms with Crippen LogP contribution in [0.4, 0.5) is 0 Å². The first-order chi connectivity index (χ1) is 15.6. The average Bonchev–Trinajstić information content (AvgIpc) is 3.20. The minimum Gasteiger partial charge on any atom is -0.482 e. The van der Waals surface area contributed by atoms with E-state index >= 15 is 0 Å². The van der Waals surface area contributed by atoms with Gasteiger partial charge in [0.2, 0.25) is 5.89 Å². The number of hydrogen-bond donors (Lipinski definition) is 7. The number of rotatable bonds is 10. The van der Waals surface area contributed by atoms with Crippen LogP contribution >= 0.6 is 23.2 Å². The van der Waals surface area contributed by atoms with Crippen LogP contribution in [0.5, 0.6) is 5.75 Å². The third-order valence-electron chi connectivity index (χ3n) is 4.86. The normalized spacial score (nSPS) is 15.6. The second-order valence-electron chi connectivity index (χ2n) is 7.36. The summed E-state index contributed by atoms with van der Waals surface area (Å²) >= 11 is 12.1. The van der Waals surface area contributed by atoms with E-state index in [1.807, 2.05) is 0 Å². The lowest BCUT2D eigenvalue weighted by molar-refractivity contribution is -0.102. The van der Waals surface area contributed by atoms with Gasteiger partial charge in [0.15, 0.2) is 23.5 Å². The second-order valence-corrected chi connectivity index (χ2v) is 8.24. The Morgan fingerprint density at radius 3 is 2.24 bits per heavy atom. The molecule has 12 heteroatoms. The van der Waals surface area contributed by atoms with Crippen molar-refractivity contribution in [2.24, 2.45) is 0 Å². The largest absolute Gasteiger partial charge is 0.482 e. The van der Waals surface area contributed by atoms with Gasteiger partial charge in [0, 0.05) is 27.7 Å². The van der Waals surface area contributed by atoms with Gasteiger partial charge >= 0.3 is 0 Å². The predicted molar refractivity (Wildman–Crippen MR) is 120 cm³/mol. The number of hydrogen-bond acceptors (Lipinski definition) is 10. The molecule has 3 rings (SSSR count). The highest BCUT2D eigenvalue weighted by atomic mass is 35.5. The summed E-state index contributed by atoms with van der Waals surface area (Å²) in [4.78, 5) is 4.37. The van der Waals surface area contributed by atoms with E-state index < -0.39 is 37.3 Å². The number of aliphatic hydroxyl groups excluding tert-OH is 5. The Balaban J connectivity index is 2.10. The van der Waals surface area contributed by atoms with Crippen molar-refractivity contribution in [2.45, 2.75) is 30.7 Å². The summed E-state index contributed by atoms with van der Waals surface area (Å²) < 4.78 is 11.5. The number of nitrogens with one attached hydrogen (secondary N) is 1. The fourth-order valence-electron chi connectivity index (χ4n) is 3.23. The van der Waals surface area contributed by atoms with E-state index in [0.29, 0.717) is 15.6 Å². The first-order valence-corrected chi connectivity index (χ1v) is 10.6. The molecule has 33 heavy (non-hydrogen) atoms. The van der Waals surface area contributed by atoms with E-state index in [4.69, 9.17) is 32.4 Å². The summed E-state index contributed by atoms with van der Waals surface area (Å²) in [5.74, 6) is 0.00536. The van der Waals surface area contributed by atoms with Gasteiger partial charge in [-0.3, -0.25) is 0 Å². The topological polar surface area (TPSA) is 169 Å². The van der Waals surface area contributed by atoms with E-state index in [9.17, 15) is 30.6 Å². The van der Waals surface area contributed by atoms with E-state index in [2.05, 4.69) is 10.3 Å². The molecule has 0 fully saturated rings. The maximum absolute atomic E-state index is 10.5. The maximum atomic E-state index is 10.5. The summed E-state index contributed by atoms with van der Waals surface area (Å²) in [6.45, 7) is -0.794. The summed E-state index contributed by atoms with van der Waals surface area (Å²) in [6, 6.07) is 7.23. The fraction of sp³-hybridized carbons (Fsp3) is 0.381. The molecule has 0 saturated heterocycles. The van der Waals surface area contributed by atoms with E-state index in [1.165, 1.54) is 18.2 Å². The number of nitrogens with zero attached hydrogens (tertiary/aromatic N) is 1. The summed E-state index contributed by atoms with van der Waals surface area (Å²) in [5.41, 5.74) is 0.643. The zero-order valence-electron chi connectivity index (χ0n) is 17.4. The molecule has 0 bridgehead atoms. The van der Waals surface area contributed by atoms with Crippen molar-refractivity contribution in [1.82, 2.24) is 10.3 Å². The lowest BCUT2D eigenvalue weighted by Crippen LogP contribution is -2.51. The lowest BCUT2D eigenvalue weighted by Gasteiger charge is -2.30. The molecule has 4 atom stereocenters. The highest BCUT2D eigenvalue weighted by Crippen LogP contribution is 2.35. The van der Waals surface area contributed by atoms with Gasteiger partial charge in [-0.1, -0.05) is 23.2 Å². The molecule has 0 saturated carbocycles. The smallest absolute Gasteiger partial charge is 0.227 e. The monoisotopic (exact) mass is 502 g/mol. The first-order valence-electron chi connectivity index (χ1n) is 9.88. The SMILES string of the molecule is CNC[C@H](O)[C@@H](O)[C@H](Oc1cc(C(O)O)cc2oc(-c3cc(Cl)cc(Cl)c3)nc12)[C@H](O)CO. The molecule has 3 aromatic rings. The molecule has 0 radical (unpaired) electrons. The van der Waals surface area contributed by atoms with Crippen LogP contribution in [0.2, 0.25) is 10.0 Å². The van der Waals surface area contributed by atoms with Gasteiger partial charge < -0.3 is 45.1 Å². The number of aliphatic hydroxyl groups is 6. The van der Waals surface area contributed by atoms with Crippen molar-refractivity contribution in [3.63, 3.8) is 0 Å². The van der Waals surface area contributed by atoms with E-state index in [0.717, 1.165) is 0 Å². The van der Waals surface area contributed by atoms with Crippen LogP contribution in [0.1, 0.15) is 11.9 Å². The van der Waals surface area contributed by atoms with E-state index in [1.54, 1.807) is 19.2 Å². The zero-order chi connectivity index (χ0) is 24.3. The Labute approximate surface area is 198 Å². The Morgan fingerprint density at radius 1 is 1.00 bits per heavy atom. The number of halogens is 2. The molecule has 180 valence electrons. The van der Waals surface area contributed by atoms with Gasteiger partial charge in [-0.15, -0.1) is 0 Å². The van der Waals surface area contributed by atoms with Crippen molar-refractivity contribution in [3.8, 4) is 17.2 Å². The Morgan fingerprint density at radius 2 is 1.67 bits per heavy atom. The second kappa shape index (κ2) is 11.0. The first kappa shape index (κ1) is 25.6. The number of oxazole rings is 1. The van der Waals surface area contributed by atoms with Crippen molar-refractivity contribution in [2.75, 3.05) is 20.2 Å². The summed E-state index contributed by atoms with van der Waals surface area (Å²) in [6.07, 6.45) is -7.93. The van der Waals surface area contributed by atoms with Crippen molar-refractivity contribution < 1.29 is 39.8 Å². The molecule has 0 aliphatic heterocycles. The van der Waals surface area contributed by atoms with Crippen LogP contribution in [0.25, 0.3) is 22.6 Å². The maximum Gasteiger partial charge on any atom is 0.227 e. The molecular weight excluding hydrogens is 479 g/mol. The fourth-order valence-corrected chi connectivity index (χ4v) is 3.76. The molecule has 0 aliphatic carbocycles. The van der Waals surface area contributed by atoms with Crippen LogP contribution in [0.15, 0.2) is 34.7 Å². The third kappa shape index (κ3) is 5.93. The van der Waals surface area contributed by atoms with E-state index in [-0.39, 0.29) is 34.8 Å². The van der Waals surface area contributed by atoms with Crippen LogP contribution in [0, 0.1) is 0 Å². The number of ether oxygens (including phenoxy) is 1. The van der Waals surface area contributed by atoms with Crippen LogP contribution < -0.4 is 10.1 Å². The van der Waals surface area contributed by atoms with Gasteiger partial charge in [-0.05, 0) is 37.4 Å². The van der Waals surface area contributed by atoms with Crippen LogP contribution in [0.3, 0.4) is 0 Å². The molecule has 0 amide bonds. The van der Waals surface area contributed by atoms with Gasteiger partial charge in [-0.25, -0.2) is 4.98 Å². The molecule has 0 spiro atoms. The van der Waals surface area contributed by atoms with Crippen molar-refractivity contribution >= 4 is 34.3 Å².